The Labute approximate surface area is 600 Å². The first-order valence-corrected chi connectivity index (χ1v) is 35.5. The molecule has 0 fully saturated rings. The Hall–Kier alpha value is -11.4. The van der Waals surface area contributed by atoms with Gasteiger partial charge < -0.3 is 0 Å². The van der Waals surface area contributed by atoms with E-state index >= 15 is 0 Å². The van der Waals surface area contributed by atoms with Crippen molar-refractivity contribution in [3.63, 3.8) is 0 Å². The molecule has 0 heterocycles. The minimum absolute atomic E-state index is 1.06. The Morgan fingerprint density at radius 2 is 0.465 bits per heavy atom. The van der Waals surface area contributed by atoms with Crippen molar-refractivity contribution >= 4 is 43.1 Å². The fraction of sp³-hybridized carbons (Fsp3) is 0.129. The molecular formula is C101H82. The second-order valence-electron chi connectivity index (χ2n) is 27.9. The molecule has 16 aromatic rings. The van der Waals surface area contributed by atoms with Gasteiger partial charge >= 0.3 is 0 Å². The zero-order valence-electron chi connectivity index (χ0n) is 61.4. The summed E-state index contributed by atoms with van der Waals surface area (Å²) in [5.74, 6) is 0. The van der Waals surface area contributed by atoms with E-state index in [1.165, 1.54) is 232 Å². The van der Waals surface area contributed by atoms with Crippen LogP contribution in [0.3, 0.4) is 0 Å². The molecule has 8 aliphatic carbocycles. The largest absolute Gasteiger partial charge is 0.0776 e. The third-order valence-corrected chi connectivity index (χ3v) is 22.9. The third kappa shape index (κ3) is 9.93. The summed E-state index contributed by atoms with van der Waals surface area (Å²) in [5.41, 5.74) is 47.1. The second kappa shape index (κ2) is 25.1. The molecule has 0 saturated carbocycles. The highest BCUT2D eigenvalue weighted by atomic mass is 14.4. The number of benzene rings is 16. The van der Waals surface area contributed by atoms with E-state index in [-0.39, 0.29) is 0 Å². The first-order chi connectivity index (χ1) is 51.6. The molecule has 24 rings (SSSR count). The van der Waals surface area contributed by atoms with Crippen molar-refractivity contribution in [3.8, 4) is 89.0 Å². The molecule has 0 heteroatoms. The minimum Gasteiger partial charge on any atom is -0.0776 e. The Bertz CT molecular complexity index is 6100. The van der Waals surface area contributed by atoms with Gasteiger partial charge in [-0.2, -0.15) is 0 Å². The first-order valence-electron chi connectivity index (χ1n) is 38.5. The SMILES string of the molecule is CC.[3H]C.[3H]C.[3H]C.c1ccc2c(c1)Cc1c-2ccc2c1-c1ccc3ccccc3c1C2.c1ccc2c(c1)Cc1c-2ccc2c1Cc1cc3ccccc3cc1-2.c1ccc2c(c1)Cc1cc3c(cc1-2)Cc1c-3ccc2ccccc12.c1ccc2c(c1)Cc1ccc3c(c1-2)-c1ccc2ccccc2c1C3. The fourth-order valence-electron chi connectivity index (χ4n) is 18.6. The zero-order chi connectivity index (χ0) is 70.7. The van der Waals surface area contributed by atoms with E-state index in [0.717, 1.165) is 51.4 Å². The van der Waals surface area contributed by atoms with Crippen LogP contribution in [0.15, 0.2) is 291 Å². The number of fused-ring (bicyclic) bond motifs is 34. The summed E-state index contributed by atoms with van der Waals surface area (Å²) in [5, 5.41) is 11.0. The van der Waals surface area contributed by atoms with Crippen LogP contribution in [0.4, 0.5) is 0 Å². The van der Waals surface area contributed by atoms with E-state index in [4.69, 9.17) is 4.11 Å². The molecule has 0 spiro atoms. The van der Waals surface area contributed by atoms with Gasteiger partial charge in [-0.05, 0) is 291 Å². The lowest BCUT2D eigenvalue weighted by Crippen LogP contribution is -1.90. The van der Waals surface area contributed by atoms with E-state index in [0.29, 0.717) is 0 Å². The van der Waals surface area contributed by atoms with Crippen LogP contribution < -0.4 is 0 Å². The monoisotopic (exact) mass is 1300 g/mol. The topological polar surface area (TPSA) is 0 Å². The average Bonchev–Trinajstić information content (AvgIpc) is 1.59. The molecule has 0 atom stereocenters. The summed E-state index contributed by atoms with van der Waals surface area (Å²) < 4.78 is 17.2. The van der Waals surface area contributed by atoms with Crippen molar-refractivity contribution in [1.82, 2.24) is 0 Å². The van der Waals surface area contributed by atoms with E-state index in [1.54, 1.807) is 11.1 Å². The summed E-state index contributed by atoms with van der Waals surface area (Å²) >= 11 is 0. The van der Waals surface area contributed by atoms with Gasteiger partial charge in [0.2, 0.25) is 0 Å². The van der Waals surface area contributed by atoms with Crippen LogP contribution in [0, 0.1) is 0 Å². The summed E-state index contributed by atoms with van der Waals surface area (Å²) in [6.45, 7) is 4.00. The van der Waals surface area contributed by atoms with E-state index in [1.807, 2.05) is 13.8 Å². The Morgan fingerprint density at radius 3 is 1.05 bits per heavy atom. The lowest BCUT2D eigenvalue weighted by Gasteiger charge is -2.10. The standard InChI is InChI=1S/4C24H16.C2H6.3CH4/c1-3-7-18-15(5-1)9-12-21-22(18)14-17-10-11-20-19-8-4-2-6-16(19)13-23(20)24(17)21;1-3-7-19-15(5-1)9-10-21-23-12-17-11-16-6-2-4-8-20(16)22(17)13-18(23)14-24(19)21;1-3-7-19-15(5-1)11-12-21-22(19)14-18-10-9-17-13-16-6-2-4-8-20(16)23(17)24(18)21;1-2-6-16-12-22-18(11-15(16)5-1)14-24-21(22)10-9-20-19-8-4-3-7-17(19)13-23(20)24;1-2;;;/h1-12H,13-14H2;1-10,12-13H,11,14H2;2*1-12H,13-14H2;1-2H3;3*1H4/i;;;;;3*1T. The third-order valence-electron chi connectivity index (χ3n) is 22.9. The highest BCUT2D eigenvalue weighted by Gasteiger charge is 2.33. The minimum atomic E-state index is 1.06. The van der Waals surface area contributed by atoms with Crippen LogP contribution in [-0.4, -0.2) is 0 Å². The number of hydrogen-bond acceptors (Lipinski definition) is 0. The van der Waals surface area contributed by atoms with Crippen molar-refractivity contribution in [3.05, 3.63) is 380 Å². The van der Waals surface area contributed by atoms with Crippen molar-refractivity contribution in [1.29, 1.82) is 0 Å². The normalized spacial score (nSPS) is 13.1. The maximum absolute atomic E-state index is 5.75. The summed E-state index contributed by atoms with van der Waals surface area (Å²) in [6, 6.07) is 108. The Balaban J connectivity index is 0.0000000993. The van der Waals surface area contributed by atoms with Crippen LogP contribution in [0.5, 0.6) is 0 Å². The summed E-state index contributed by atoms with van der Waals surface area (Å²) in [6.07, 6.45) is 8.55. The number of rotatable bonds is 0. The van der Waals surface area contributed by atoms with Crippen LogP contribution in [0.25, 0.3) is 132 Å². The van der Waals surface area contributed by atoms with Crippen molar-refractivity contribution in [2.24, 2.45) is 0 Å². The molecule has 0 aliphatic heterocycles. The lowest BCUT2D eigenvalue weighted by atomic mass is 9.93. The second-order valence-corrected chi connectivity index (χ2v) is 27.9. The van der Waals surface area contributed by atoms with Crippen LogP contribution in [-0.2, 0) is 51.4 Å². The van der Waals surface area contributed by atoms with Crippen molar-refractivity contribution in [2.75, 3.05) is 0 Å². The van der Waals surface area contributed by atoms with Crippen LogP contribution >= 0.6 is 0 Å². The molecule has 0 nitrogen and oxygen atoms in total. The van der Waals surface area contributed by atoms with Crippen molar-refractivity contribution in [2.45, 2.75) is 87.4 Å². The van der Waals surface area contributed by atoms with E-state index in [9.17, 15) is 0 Å². The van der Waals surface area contributed by atoms with Gasteiger partial charge in [-0.1, -0.05) is 309 Å². The van der Waals surface area contributed by atoms with Gasteiger partial charge in [0.25, 0.3) is 0 Å². The molecule has 16 aromatic carbocycles. The van der Waals surface area contributed by atoms with Gasteiger partial charge in [0.1, 0.15) is 0 Å². The predicted molar refractivity (Wildman–Crippen MR) is 433 cm³/mol. The highest BCUT2D eigenvalue weighted by Crippen LogP contribution is 2.53. The van der Waals surface area contributed by atoms with Crippen molar-refractivity contribution < 1.29 is 4.11 Å². The molecular weight excluding hydrogens is 1210 g/mol. The van der Waals surface area contributed by atoms with Gasteiger partial charge in [-0.15, -0.1) is 0 Å². The van der Waals surface area contributed by atoms with Gasteiger partial charge in [0, 0.05) is 4.11 Å². The quantitative estimate of drug-likeness (QED) is 0.142. The average molecular weight is 1300 g/mol. The number of hydrogen-bond donors (Lipinski definition) is 0. The molecule has 0 saturated heterocycles. The van der Waals surface area contributed by atoms with Gasteiger partial charge in [0.15, 0.2) is 0 Å². The lowest BCUT2D eigenvalue weighted by molar-refractivity contribution is 1.16. The van der Waals surface area contributed by atoms with Gasteiger partial charge in [-0.25, -0.2) is 0 Å². The maximum Gasteiger partial charge on any atom is 0.0194 e. The van der Waals surface area contributed by atoms with Gasteiger partial charge in [-0.3, -0.25) is 0 Å². The predicted octanol–water partition coefficient (Wildman–Crippen LogP) is 26.9. The van der Waals surface area contributed by atoms with Crippen LogP contribution in [0.2, 0.25) is 0 Å². The van der Waals surface area contributed by atoms with Gasteiger partial charge in [0.05, 0.1) is 0 Å². The fourth-order valence-corrected chi connectivity index (χ4v) is 18.6. The molecule has 8 aliphatic rings. The smallest absolute Gasteiger partial charge is 0.0194 e. The Morgan fingerprint density at radius 1 is 0.178 bits per heavy atom. The molecule has 486 valence electrons. The van der Waals surface area contributed by atoms with E-state index < -0.39 is 0 Å². The first kappa shape index (κ1) is 59.6. The van der Waals surface area contributed by atoms with Crippen LogP contribution in [0.1, 0.15) is 129 Å². The molecule has 101 heavy (non-hydrogen) atoms. The molecule has 0 amide bonds. The summed E-state index contributed by atoms with van der Waals surface area (Å²) in [7, 11) is 3.75. The molecule has 0 bridgehead atoms. The Kier molecular flexibility index (Phi) is 14.8. The van der Waals surface area contributed by atoms with E-state index in [2.05, 4.69) is 291 Å². The highest BCUT2D eigenvalue weighted by molar-refractivity contribution is 6.03. The zero-order valence-corrected chi connectivity index (χ0v) is 58.4. The molecule has 0 radical (unpaired) electrons. The maximum atomic E-state index is 5.75. The molecule has 0 N–H and O–H groups in total. The molecule has 0 aromatic heterocycles. The summed E-state index contributed by atoms with van der Waals surface area (Å²) in [4.78, 5) is 0. The molecule has 0 unspecified atom stereocenters.